The first-order valence-electron chi connectivity index (χ1n) is 8.43. The van der Waals surface area contributed by atoms with Crippen molar-refractivity contribution >= 4 is 21.6 Å². The van der Waals surface area contributed by atoms with Crippen molar-refractivity contribution in [2.45, 2.75) is 12.6 Å². The Balaban J connectivity index is 1.66. The highest BCUT2D eigenvalue weighted by Gasteiger charge is 2.21. The van der Waals surface area contributed by atoms with E-state index in [4.69, 9.17) is 11.5 Å². The van der Waals surface area contributed by atoms with Gasteiger partial charge in [0.1, 0.15) is 0 Å². The Morgan fingerprint density at radius 2 is 1.71 bits per heavy atom. The standard InChI is InChI=1S/C19H25BrN4/c20-16-6-7-19(17(12-16)18(22)13-21)24-10-8-23(9-11-24)14-15-4-2-1-3-5-15/h1-7,12,18H,8-11,13-14,21-22H2. The highest BCUT2D eigenvalue weighted by Crippen LogP contribution is 2.29. The molecule has 2 aromatic carbocycles. The van der Waals surface area contributed by atoms with Gasteiger partial charge < -0.3 is 16.4 Å². The van der Waals surface area contributed by atoms with Crippen molar-refractivity contribution in [2.75, 3.05) is 37.6 Å². The molecule has 1 saturated heterocycles. The first kappa shape index (κ1) is 17.4. The lowest BCUT2D eigenvalue weighted by Gasteiger charge is -2.37. The highest BCUT2D eigenvalue weighted by molar-refractivity contribution is 9.10. The molecule has 1 aliphatic rings. The molecule has 0 aromatic heterocycles. The van der Waals surface area contributed by atoms with Crippen molar-refractivity contribution in [3.05, 3.63) is 64.1 Å². The second kappa shape index (κ2) is 8.12. The molecule has 0 bridgehead atoms. The molecular weight excluding hydrogens is 364 g/mol. The van der Waals surface area contributed by atoms with Crippen LogP contribution in [0.3, 0.4) is 0 Å². The van der Waals surface area contributed by atoms with E-state index in [0.717, 1.165) is 42.8 Å². The number of benzene rings is 2. The van der Waals surface area contributed by atoms with Gasteiger partial charge in [0.2, 0.25) is 0 Å². The maximum Gasteiger partial charge on any atom is 0.0440 e. The summed E-state index contributed by atoms with van der Waals surface area (Å²) in [6.07, 6.45) is 0. The predicted molar refractivity (Wildman–Crippen MR) is 104 cm³/mol. The van der Waals surface area contributed by atoms with Crippen LogP contribution in [0.25, 0.3) is 0 Å². The molecule has 128 valence electrons. The summed E-state index contributed by atoms with van der Waals surface area (Å²) in [5.41, 5.74) is 15.7. The van der Waals surface area contributed by atoms with Crippen LogP contribution in [-0.4, -0.2) is 37.6 Å². The van der Waals surface area contributed by atoms with E-state index in [9.17, 15) is 0 Å². The molecule has 0 radical (unpaired) electrons. The number of nitrogens with two attached hydrogens (primary N) is 2. The van der Waals surface area contributed by atoms with Crippen molar-refractivity contribution in [3.63, 3.8) is 0 Å². The Hall–Kier alpha value is -1.40. The maximum atomic E-state index is 6.22. The third-order valence-electron chi connectivity index (χ3n) is 4.60. The lowest BCUT2D eigenvalue weighted by atomic mass is 10.0. The summed E-state index contributed by atoms with van der Waals surface area (Å²) in [7, 11) is 0. The third kappa shape index (κ3) is 4.16. The van der Waals surface area contributed by atoms with Gasteiger partial charge in [0.05, 0.1) is 0 Å². The van der Waals surface area contributed by atoms with Crippen LogP contribution in [0.2, 0.25) is 0 Å². The van der Waals surface area contributed by atoms with Crippen molar-refractivity contribution in [2.24, 2.45) is 11.5 Å². The van der Waals surface area contributed by atoms with Gasteiger partial charge in [0.25, 0.3) is 0 Å². The summed E-state index contributed by atoms with van der Waals surface area (Å²) < 4.78 is 1.05. The molecule has 1 aliphatic heterocycles. The normalized spacial score (nSPS) is 17.0. The number of nitrogens with zero attached hydrogens (tertiary/aromatic N) is 2. The fourth-order valence-corrected chi connectivity index (χ4v) is 3.60. The molecule has 2 aromatic rings. The number of rotatable bonds is 5. The van der Waals surface area contributed by atoms with Crippen LogP contribution in [0.1, 0.15) is 17.2 Å². The van der Waals surface area contributed by atoms with Gasteiger partial charge >= 0.3 is 0 Å². The Morgan fingerprint density at radius 1 is 1.00 bits per heavy atom. The van der Waals surface area contributed by atoms with Crippen LogP contribution in [-0.2, 0) is 6.54 Å². The minimum Gasteiger partial charge on any atom is -0.369 e. The van der Waals surface area contributed by atoms with Gasteiger partial charge in [0.15, 0.2) is 0 Å². The SMILES string of the molecule is NCC(N)c1cc(Br)ccc1N1CCN(Cc2ccccc2)CC1. The summed E-state index contributed by atoms with van der Waals surface area (Å²) in [5, 5.41) is 0. The molecule has 24 heavy (non-hydrogen) atoms. The van der Waals surface area contributed by atoms with E-state index in [1.54, 1.807) is 0 Å². The van der Waals surface area contributed by atoms with Crippen LogP contribution in [0.4, 0.5) is 5.69 Å². The van der Waals surface area contributed by atoms with E-state index in [-0.39, 0.29) is 6.04 Å². The first-order chi connectivity index (χ1) is 11.7. The molecule has 3 rings (SSSR count). The minimum atomic E-state index is -0.125. The number of halogens is 1. The molecule has 0 spiro atoms. The fourth-order valence-electron chi connectivity index (χ4n) is 3.23. The zero-order valence-electron chi connectivity index (χ0n) is 13.9. The number of piperazine rings is 1. The number of hydrogen-bond donors (Lipinski definition) is 2. The van der Waals surface area contributed by atoms with Gasteiger partial charge in [-0.2, -0.15) is 0 Å². The zero-order chi connectivity index (χ0) is 16.9. The van der Waals surface area contributed by atoms with E-state index in [0.29, 0.717) is 6.54 Å². The van der Waals surface area contributed by atoms with Crippen molar-refractivity contribution in [1.29, 1.82) is 0 Å². The first-order valence-corrected chi connectivity index (χ1v) is 9.23. The Morgan fingerprint density at radius 3 is 2.38 bits per heavy atom. The van der Waals surface area contributed by atoms with E-state index < -0.39 is 0 Å². The molecule has 1 fully saturated rings. The van der Waals surface area contributed by atoms with E-state index in [1.807, 2.05) is 0 Å². The molecule has 4 nitrogen and oxygen atoms in total. The van der Waals surface area contributed by atoms with E-state index in [1.165, 1.54) is 11.3 Å². The quantitative estimate of drug-likeness (QED) is 0.826. The van der Waals surface area contributed by atoms with Gasteiger partial charge in [-0.15, -0.1) is 0 Å². The molecule has 1 unspecified atom stereocenters. The predicted octanol–water partition coefficient (Wildman–Crippen LogP) is 2.73. The summed E-state index contributed by atoms with van der Waals surface area (Å²) in [6.45, 7) is 5.61. The molecule has 0 amide bonds. The summed E-state index contributed by atoms with van der Waals surface area (Å²) in [5.74, 6) is 0. The van der Waals surface area contributed by atoms with Gasteiger partial charge in [-0.05, 0) is 29.3 Å². The summed E-state index contributed by atoms with van der Waals surface area (Å²) in [6, 6.07) is 16.9. The van der Waals surface area contributed by atoms with Crippen molar-refractivity contribution < 1.29 is 0 Å². The van der Waals surface area contributed by atoms with Crippen molar-refractivity contribution in [3.8, 4) is 0 Å². The monoisotopic (exact) mass is 388 g/mol. The van der Waals surface area contributed by atoms with Crippen molar-refractivity contribution in [1.82, 2.24) is 4.90 Å². The zero-order valence-corrected chi connectivity index (χ0v) is 15.5. The van der Waals surface area contributed by atoms with Gasteiger partial charge in [-0.25, -0.2) is 0 Å². The fraction of sp³-hybridized carbons (Fsp3) is 0.368. The van der Waals surface area contributed by atoms with E-state index >= 15 is 0 Å². The van der Waals surface area contributed by atoms with Crippen LogP contribution in [0.15, 0.2) is 53.0 Å². The average Bonchev–Trinajstić information content (AvgIpc) is 2.62. The lowest BCUT2D eigenvalue weighted by molar-refractivity contribution is 0.249. The Kier molecular flexibility index (Phi) is 5.89. The second-order valence-corrected chi connectivity index (χ2v) is 7.21. The summed E-state index contributed by atoms with van der Waals surface area (Å²) in [4.78, 5) is 4.94. The molecule has 5 heteroatoms. The van der Waals surface area contributed by atoms with E-state index in [2.05, 4.69) is 74.3 Å². The number of anilines is 1. The second-order valence-electron chi connectivity index (χ2n) is 6.29. The maximum absolute atomic E-state index is 6.22. The average molecular weight is 389 g/mol. The minimum absolute atomic E-state index is 0.125. The Bertz CT molecular complexity index is 654. The topological polar surface area (TPSA) is 58.5 Å². The smallest absolute Gasteiger partial charge is 0.0440 e. The molecule has 4 N–H and O–H groups in total. The number of hydrogen-bond acceptors (Lipinski definition) is 4. The molecule has 0 aliphatic carbocycles. The molecular formula is C19H25BrN4. The van der Waals surface area contributed by atoms with Crippen LogP contribution in [0.5, 0.6) is 0 Å². The van der Waals surface area contributed by atoms with Gasteiger partial charge in [-0.1, -0.05) is 46.3 Å². The Labute approximate surface area is 152 Å². The molecule has 1 heterocycles. The summed E-state index contributed by atoms with van der Waals surface area (Å²) >= 11 is 3.54. The molecule has 1 atom stereocenters. The van der Waals surface area contributed by atoms with Crippen LogP contribution in [0, 0.1) is 0 Å². The third-order valence-corrected chi connectivity index (χ3v) is 5.10. The van der Waals surface area contributed by atoms with Crippen LogP contribution < -0.4 is 16.4 Å². The van der Waals surface area contributed by atoms with Gasteiger partial charge in [0, 0.05) is 55.5 Å². The highest BCUT2D eigenvalue weighted by atomic mass is 79.9. The van der Waals surface area contributed by atoms with Gasteiger partial charge in [-0.3, -0.25) is 4.90 Å². The lowest BCUT2D eigenvalue weighted by Crippen LogP contribution is -2.46. The largest absolute Gasteiger partial charge is 0.369 e. The van der Waals surface area contributed by atoms with Crippen LogP contribution >= 0.6 is 15.9 Å². The molecule has 0 saturated carbocycles.